The average Bonchev–Trinajstić information content (AvgIpc) is 2.63. The highest BCUT2D eigenvalue weighted by Crippen LogP contribution is 2.11. The molecule has 2 N–H and O–H groups in total. The zero-order chi connectivity index (χ0) is 21.2. The summed E-state index contributed by atoms with van der Waals surface area (Å²) in [5.41, 5.74) is 6.58. The van der Waals surface area contributed by atoms with E-state index in [1.165, 1.54) is 19.8 Å². The molecule has 0 unspecified atom stereocenters. The minimum atomic E-state index is -0.971. The van der Waals surface area contributed by atoms with Gasteiger partial charge < -0.3 is 24.8 Å². The lowest BCUT2D eigenvalue weighted by Gasteiger charge is -2.29. The minimum Gasteiger partial charge on any atom is -0.460 e. The Morgan fingerprint density at radius 2 is 1.71 bits per heavy atom. The predicted octanol–water partition coefficient (Wildman–Crippen LogP) is 2.13. The monoisotopic (exact) mass is 394 g/mol. The number of carbonyl (C=O) groups excluding carboxylic acids is 2. The van der Waals surface area contributed by atoms with E-state index in [-0.39, 0.29) is 18.9 Å². The number of hydrogen-bond donors (Lipinski definition) is 1. The summed E-state index contributed by atoms with van der Waals surface area (Å²) in [5.74, 6) is -0.814. The number of ether oxygens (including phenoxy) is 3. The van der Waals surface area contributed by atoms with E-state index in [1.54, 1.807) is 25.7 Å². The fourth-order valence-electron chi connectivity index (χ4n) is 2.72. The molecular weight excluding hydrogens is 360 g/mol. The van der Waals surface area contributed by atoms with Gasteiger partial charge in [0.05, 0.1) is 19.0 Å². The van der Waals surface area contributed by atoms with Crippen LogP contribution >= 0.6 is 0 Å². The van der Waals surface area contributed by atoms with E-state index < -0.39 is 23.9 Å². The Morgan fingerprint density at radius 1 is 1.11 bits per heavy atom. The third-order valence-electron chi connectivity index (χ3n) is 4.07. The summed E-state index contributed by atoms with van der Waals surface area (Å²) in [4.78, 5) is 26.4. The zero-order valence-electron chi connectivity index (χ0n) is 17.6. The lowest BCUT2D eigenvalue weighted by molar-refractivity contribution is -0.158. The number of carbonyl (C=O) groups is 2. The molecule has 1 aromatic rings. The van der Waals surface area contributed by atoms with Crippen molar-refractivity contribution >= 4 is 11.9 Å². The van der Waals surface area contributed by atoms with Crippen LogP contribution < -0.4 is 5.73 Å². The molecule has 0 saturated carbocycles. The highest BCUT2D eigenvalue weighted by molar-refractivity contribution is 5.86. The highest BCUT2D eigenvalue weighted by Gasteiger charge is 2.27. The quantitative estimate of drug-likeness (QED) is 0.457. The molecule has 0 radical (unpaired) electrons. The summed E-state index contributed by atoms with van der Waals surface area (Å²) in [6, 6.07) is 9.07. The Labute approximate surface area is 168 Å². The molecule has 1 amide bonds. The van der Waals surface area contributed by atoms with Crippen molar-refractivity contribution < 1.29 is 23.8 Å². The van der Waals surface area contributed by atoms with Crippen LogP contribution in [0.1, 0.15) is 39.2 Å². The van der Waals surface area contributed by atoms with Crippen LogP contribution in [0.25, 0.3) is 0 Å². The molecule has 0 aliphatic rings. The van der Waals surface area contributed by atoms with Crippen LogP contribution in [0.2, 0.25) is 0 Å². The standard InChI is InChI=1S/C21H34N2O5/c1-21(2,3)28-18(24)14-17(22)20(25)23(15-19(26-4)27-5)13-9-12-16-10-7-6-8-11-16/h6-8,10-11,17,19H,9,12-15,22H2,1-5H3/t17-/m0/s1. The number of benzene rings is 1. The molecule has 0 saturated heterocycles. The number of aryl methyl sites for hydroxylation is 1. The highest BCUT2D eigenvalue weighted by atomic mass is 16.7. The molecule has 0 aliphatic carbocycles. The summed E-state index contributed by atoms with van der Waals surface area (Å²) in [7, 11) is 3.03. The first-order chi connectivity index (χ1) is 13.2. The van der Waals surface area contributed by atoms with Crippen LogP contribution in [0.4, 0.5) is 0 Å². The van der Waals surface area contributed by atoms with Gasteiger partial charge in [0.1, 0.15) is 5.60 Å². The van der Waals surface area contributed by atoms with Crippen molar-refractivity contribution in [1.29, 1.82) is 0 Å². The molecule has 0 aromatic heterocycles. The van der Waals surface area contributed by atoms with E-state index in [2.05, 4.69) is 0 Å². The Bertz CT molecular complexity index is 597. The molecule has 1 atom stereocenters. The van der Waals surface area contributed by atoms with E-state index in [4.69, 9.17) is 19.9 Å². The van der Waals surface area contributed by atoms with Crippen molar-refractivity contribution in [3.8, 4) is 0 Å². The second-order valence-corrected chi connectivity index (χ2v) is 7.67. The molecule has 28 heavy (non-hydrogen) atoms. The largest absolute Gasteiger partial charge is 0.460 e. The van der Waals surface area contributed by atoms with E-state index in [9.17, 15) is 9.59 Å². The fraction of sp³-hybridized carbons (Fsp3) is 0.619. The van der Waals surface area contributed by atoms with Gasteiger partial charge in [-0.25, -0.2) is 0 Å². The lowest BCUT2D eigenvalue weighted by atomic mass is 10.1. The number of methoxy groups -OCH3 is 2. The third kappa shape index (κ3) is 9.30. The van der Waals surface area contributed by atoms with Gasteiger partial charge in [0.25, 0.3) is 0 Å². The Morgan fingerprint density at radius 3 is 2.25 bits per heavy atom. The molecule has 0 fully saturated rings. The predicted molar refractivity (Wildman–Crippen MR) is 108 cm³/mol. The molecule has 0 spiro atoms. The molecule has 7 nitrogen and oxygen atoms in total. The van der Waals surface area contributed by atoms with E-state index in [1.807, 2.05) is 30.3 Å². The second-order valence-electron chi connectivity index (χ2n) is 7.67. The van der Waals surface area contributed by atoms with Gasteiger partial charge in [-0.15, -0.1) is 0 Å². The summed E-state index contributed by atoms with van der Waals surface area (Å²) >= 11 is 0. The maximum atomic E-state index is 12.8. The van der Waals surface area contributed by atoms with Crippen LogP contribution in [0.5, 0.6) is 0 Å². The number of amides is 1. The first kappa shape index (κ1) is 24.1. The van der Waals surface area contributed by atoms with Crippen molar-refractivity contribution in [1.82, 2.24) is 4.90 Å². The van der Waals surface area contributed by atoms with Gasteiger partial charge in [0.2, 0.25) is 5.91 Å². The molecule has 0 heterocycles. The third-order valence-corrected chi connectivity index (χ3v) is 4.07. The molecule has 1 aromatic carbocycles. The SMILES string of the molecule is COC(CN(CCCc1ccccc1)C(=O)[C@@H](N)CC(=O)OC(C)(C)C)OC. The van der Waals surface area contributed by atoms with Gasteiger partial charge in [-0.05, 0) is 39.2 Å². The van der Waals surface area contributed by atoms with Crippen LogP contribution in [-0.2, 0) is 30.2 Å². The number of esters is 1. The van der Waals surface area contributed by atoms with Crippen molar-refractivity contribution in [3.63, 3.8) is 0 Å². The Hall–Kier alpha value is -1.96. The van der Waals surface area contributed by atoms with Gasteiger partial charge in [-0.2, -0.15) is 0 Å². The van der Waals surface area contributed by atoms with E-state index >= 15 is 0 Å². The topological polar surface area (TPSA) is 91.1 Å². The number of hydrogen-bond acceptors (Lipinski definition) is 6. The van der Waals surface area contributed by atoms with Crippen LogP contribution in [0, 0.1) is 0 Å². The molecule has 0 aliphatic heterocycles. The zero-order valence-corrected chi connectivity index (χ0v) is 17.6. The van der Waals surface area contributed by atoms with Crippen LogP contribution in [-0.4, -0.2) is 62.0 Å². The number of nitrogens with two attached hydrogens (primary N) is 1. The summed E-state index contributed by atoms with van der Waals surface area (Å²) in [6.45, 7) is 6.04. The summed E-state index contributed by atoms with van der Waals surface area (Å²) < 4.78 is 15.7. The minimum absolute atomic E-state index is 0.171. The maximum Gasteiger partial charge on any atom is 0.308 e. The van der Waals surface area contributed by atoms with Gasteiger partial charge in [-0.3, -0.25) is 9.59 Å². The smallest absolute Gasteiger partial charge is 0.308 e. The first-order valence-electron chi connectivity index (χ1n) is 9.52. The summed E-state index contributed by atoms with van der Waals surface area (Å²) in [6.07, 6.45) is 0.857. The van der Waals surface area contributed by atoms with Gasteiger partial charge in [0, 0.05) is 20.8 Å². The van der Waals surface area contributed by atoms with E-state index in [0.29, 0.717) is 6.54 Å². The molecule has 0 bridgehead atoms. The normalized spacial score (nSPS) is 12.7. The fourth-order valence-corrected chi connectivity index (χ4v) is 2.72. The van der Waals surface area contributed by atoms with Crippen LogP contribution in [0.15, 0.2) is 30.3 Å². The average molecular weight is 395 g/mol. The Kier molecular flexibility index (Phi) is 10.1. The second kappa shape index (κ2) is 11.8. The molecular formula is C21H34N2O5. The molecule has 7 heteroatoms. The maximum absolute atomic E-state index is 12.8. The van der Waals surface area contributed by atoms with Gasteiger partial charge >= 0.3 is 5.97 Å². The van der Waals surface area contributed by atoms with Gasteiger partial charge in [0.15, 0.2) is 6.29 Å². The summed E-state index contributed by atoms with van der Waals surface area (Å²) in [5, 5.41) is 0. The Balaban J connectivity index is 2.70. The number of nitrogens with zero attached hydrogens (tertiary/aromatic N) is 1. The first-order valence-corrected chi connectivity index (χ1v) is 9.52. The van der Waals surface area contributed by atoms with Crippen molar-refractivity contribution in [2.75, 3.05) is 27.3 Å². The van der Waals surface area contributed by atoms with Gasteiger partial charge in [-0.1, -0.05) is 30.3 Å². The molecule has 158 valence electrons. The van der Waals surface area contributed by atoms with E-state index in [0.717, 1.165) is 12.8 Å². The lowest BCUT2D eigenvalue weighted by Crippen LogP contribution is -2.48. The van der Waals surface area contributed by atoms with Crippen molar-refractivity contribution in [2.24, 2.45) is 5.73 Å². The van der Waals surface area contributed by atoms with Crippen LogP contribution in [0.3, 0.4) is 0 Å². The van der Waals surface area contributed by atoms with Crippen molar-refractivity contribution in [3.05, 3.63) is 35.9 Å². The number of rotatable bonds is 11. The molecule has 1 rings (SSSR count). The van der Waals surface area contributed by atoms with Crippen molar-refractivity contribution in [2.45, 2.75) is 58.0 Å².